The van der Waals surface area contributed by atoms with Gasteiger partial charge in [-0.3, -0.25) is 9.10 Å². The summed E-state index contributed by atoms with van der Waals surface area (Å²) in [6.07, 6.45) is 1.88. The van der Waals surface area contributed by atoms with Gasteiger partial charge >= 0.3 is 0 Å². The highest BCUT2D eigenvalue weighted by atomic mass is 32.2. The molecule has 3 aromatic carbocycles. The number of ether oxygens (including phenoxy) is 1. The lowest BCUT2D eigenvalue weighted by atomic mass is 9.89. The molecule has 6 nitrogen and oxygen atoms in total. The van der Waals surface area contributed by atoms with Gasteiger partial charge in [-0.05, 0) is 62.6 Å². The van der Waals surface area contributed by atoms with Gasteiger partial charge in [-0.1, -0.05) is 48.5 Å². The summed E-state index contributed by atoms with van der Waals surface area (Å²) >= 11 is 0. The first-order valence-corrected chi connectivity index (χ1v) is 13.5. The largest absolute Gasteiger partial charge is 0.487 e. The van der Waals surface area contributed by atoms with Crippen LogP contribution >= 0.6 is 0 Å². The topological polar surface area (TPSA) is 75.7 Å². The predicted molar refractivity (Wildman–Crippen MR) is 139 cm³/mol. The van der Waals surface area contributed by atoms with Crippen molar-refractivity contribution in [1.82, 2.24) is 5.32 Å². The Balaban J connectivity index is 1.53. The Bertz CT molecular complexity index is 1330. The van der Waals surface area contributed by atoms with Crippen LogP contribution < -0.4 is 14.4 Å². The molecule has 7 heteroatoms. The zero-order chi connectivity index (χ0) is 25.4. The van der Waals surface area contributed by atoms with Crippen LogP contribution in [0.1, 0.15) is 58.9 Å². The van der Waals surface area contributed by atoms with E-state index < -0.39 is 10.0 Å². The van der Waals surface area contributed by atoms with E-state index in [4.69, 9.17) is 4.74 Å². The molecular formula is C28H32N2O4S. The molecule has 1 atom stereocenters. The molecule has 0 aromatic heterocycles. The number of anilines is 1. The third-order valence-electron chi connectivity index (χ3n) is 6.31. The lowest BCUT2D eigenvalue weighted by Crippen LogP contribution is -2.41. The maximum atomic E-state index is 13.1. The molecule has 0 aliphatic carbocycles. The van der Waals surface area contributed by atoms with E-state index in [-0.39, 0.29) is 24.1 Å². The number of carbonyl (C=O) groups excluding carboxylic acids is 1. The number of fused-ring (bicyclic) bond motifs is 1. The van der Waals surface area contributed by atoms with E-state index in [2.05, 4.69) is 5.32 Å². The Morgan fingerprint density at radius 1 is 1.00 bits per heavy atom. The highest BCUT2D eigenvalue weighted by Gasteiger charge is 2.34. The van der Waals surface area contributed by atoms with Crippen LogP contribution in [0.2, 0.25) is 0 Å². The average Bonchev–Trinajstić information content (AvgIpc) is 2.77. The Morgan fingerprint density at radius 3 is 2.26 bits per heavy atom. The molecule has 0 saturated heterocycles. The number of rotatable bonds is 6. The average molecular weight is 493 g/mol. The Labute approximate surface area is 208 Å². The van der Waals surface area contributed by atoms with E-state index in [0.29, 0.717) is 17.7 Å². The van der Waals surface area contributed by atoms with Crippen molar-refractivity contribution in [3.8, 4) is 5.75 Å². The number of aryl methyl sites for hydroxylation is 2. The number of nitrogens with one attached hydrogen (secondary N) is 1. The smallest absolute Gasteiger partial charge is 0.251 e. The van der Waals surface area contributed by atoms with Crippen molar-refractivity contribution < 1.29 is 17.9 Å². The third kappa shape index (κ3) is 5.51. The third-order valence-corrected chi connectivity index (χ3v) is 7.43. The highest BCUT2D eigenvalue weighted by Crippen LogP contribution is 2.39. The summed E-state index contributed by atoms with van der Waals surface area (Å²) in [7, 11) is -3.50. The lowest BCUT2D eigenvalue weighted by Gasteiger charge is -2.37. The lowest BCUT2D eigenvalue weighted by molar-refractivity contribution is 0.0619. The standard InChI is InChI=1S/C28H32N2O4S/c1-19-9-8-10-20(2)26(19)30(35(5,32)33)18-21-13-15-22(16-14-21)27(31)29-24-17-28(3,4)34-25-12-7-6-11-23(24)25/h6-16,24H,17-18H2,1-5H3,(H,29,31)/t24-/m0/s1. The second-order valence-electron chi connectivity index (χ2n) is 9.84. The minimum Gasteiger partial charge on any atom is -0.487 e. The molecule has 0 bridgehead atoms. The predicted octanol–water partition coefficient (Wildman–Crippen LogP) is 5.30. The summed E-state index contributed by atoms with van der Waals surface area (Å²) in [6.45, 7) is 8.03. The zero-order valence-electron chi connectivity index (χ0n) is 20.8. The number of hydrogen-bond acceptors (Lipinski definition) is 4. The Morgan fingerprint density at radius 2 is 1.63 bits per heavy atom. The van der Waals surface area contributed by atoms with Crippen molar-refractivity contribution in [1.29, 1.82) is 0 Å². The Hall–Kier alpha value is -3.32. The van der Waals surface area contributed by atoms with Crippen LogP contribution in [0.15, 0.2) is 66.7 Å². The van der Waals surface area contributed by atoms with Gasteiger partial charge in [-0.2, -0.15) is 0 Å². The van der Waals surface area contributed by atoms with Crippen molar-refractivity contribution >= 4 is 21.6 Å². The molecule has 1 N–H and O–H groups in total. The van der Waals surface area contributed by atoms with Gasteiger partial charge in [0.2, 0.25) is 10.0 Å². The molecule has 0 radical (unpaired) electrons. The quantitative estimate of drug-likeness (QED) is 0.507. The molecule has 0 unspecified atom stereocenters. The summed E-state index contributed by atoms with van der Waals surface area (Å²) in [5.74, 6) is 0.612. The first-order chi connectivity index (χ1) is 16.4. The molecule has 3 aromatic rings. The van der Waals surface area contributed by atoms with Gasteiger partial charge in [-0.15, -0.1) is 0 Å². The fraction of sp³-hybridized carbons (Fsp3) is 0.321. The van der Waals surface area contributed by atoms with E-state index in [0.717, 1.165) is 28.0 Å². The normalized spacial score (nSPS) is 16.7. The van der Waals surface area contributed by atoms with Crippen molar-refractivity contribution in [3.63, 3.8) is 0 Å². The number of carbonyl (C=O) groups is 1. The minimum atomic E-state index is -3.50. The maximum absolute atomic E-state index is 13.1. The monoisotopic (exact) mass is 492 g/mol. The van der Waals surface area contributed by atoms with Crippen LogP contribution in [-0.2, 0) is 16.6 Å². The number of amides is 1. The van der Waals surface area contributed by atoms with Gasteiger partial charge in [0.05, 0.1) is 24.5 Å². The summed E-state index contributed by atoms with van der Waals surface area (Å²) < 4.78 is 32.8. The van der Waals surface area contributed by atoms with Gasteiger partial charge in [0, 0.05) is 17.5 Å². The molecule has 35 heavy (non-hydrogen) atoms. The van der Waals surface area contributed by atoms with E-state index in [9.17, 15) is 13.2 Å². The van der Waals surface area contributed by atoms with Crippen LogP contribution in [0.4, 0.5) is 5.69 Å². The second kappa shape index (κ2) is 9.38. The number of hydrogen-bond donors (Lipinski definition) is 1. The van der Waals surface area contributed by atoms with Crippen molar-refractivity contribution in [2.75, 3.05) is 10.6 Å². The summed E-state index contributed by atoms with van der Waals surface area (Å²) in [6, 6.07) is 20.4. The molecule has 184 valence electrons. The molecule has 0 saturated carbocycles. The summed E-state index contributed by atoms with van der Waals surface area (Å²) in [4.78, 5) is 13.1. The van der Waals surface area contributed by atoms with Crippen LogP contribution in [0, 0.1) is 13.8 Å². The van der Waals surface area contributed by atoms with E-state index in [1.807, 2.05) is 82.3 Å². The molecule has 1 aliphatic rings. The molecular weight excluding hydrogens is 460 g/mol. The summed E-state index contributed by atoms with van der Waals surface area (Å²) in [5, 5.41) is 3.15. The van der Waals surface area contributed by atoms with Crippen LogP contribution in [0.5, 0.6) is 5.75 Å². The van der Waals surface area contributed by atoms with Gasteiger partial charge in [0.1, 0.15) is 11.4 Å². The van der Waals surface area contributed by atoms with Gasteiger partial charge in [0.25, 0.3) is 5.91 Å². The highest BCUT2D eigenvalue weighted by molar-refractivity contribution is 7.92. The molecule has 1 aliphatic heterocycles. The minimum absolute atomic E-state index is 0.160. The summed E-state index contributed by atoms with van der Waals surface area (Å²) in [5.41, 5.74) is 4.38. The van der Waals surface area contributed by atoms with Crippen molar-refractivity contribution in [2.45, 2.75) is 52.3 Å². The fourth-order valence-corrected chi connectivity index (χ4v) is 5.66. The number of benzene rings is 3. The first-order valence-electron chi connectivity index (χ1n) is 11.7. The van der Waals surface area contributed by atoms with Crippen LogP contribution in [0.25, 0.3) is 0 Å². The van der Waals surface area contributed by atoms with Crippen LogP contribution in [0.3, 0.4) is 0 Å². The van der Waals surface area contributed by atoms with Crippen molar-refractivity contribution in [2.24, 2.45) is 0 Å². The van der Waals surface area contributed by atoms with Gasteiger partial charge in [0.15, 0.2) is 0 Å². The number of nitrogens with zero attached hydrogens (tertiary/aromatic N) is 1. The molecule has 0 fully saturated rings. The molecule has 1 amide bonds. The molecule has 1 heterocycles. The van der Waals surface area contributed by atoms with Gasteiger partial charge < -0.3 is 10.1 Å². The fourth-order valence-electron chi connectivity index (χ4n) is 4.66. The molecule has 4 rings (SSSR count). The second-order valence-corrected chi connectivity index (χ2v) is 11.7. The Kier molecular flexibility index (Phi) is 6.64. The maximum Gasteiger partial charge on any atom is 0.251 e. The van der Waals surface area contributed by atoms with E-state index >= 15 is 0 Å². The van der Waals surface area contributed by atoms with Crippen molar-refractivity contribution in [3.05, 3.63) is 94.5 Å². The first kappa shape index (κ1) is 24.8. The SMILES string of the molecule is Cc1cccc(C)c1N(Cc1ccc(C(=O)N[C@H]2CC(C)(C)Oc3ccccc32)cc1)S(C)(=O)=O. The van der Waals surface area contributed by atoms with Gasteiger partial charge in [-0.25, -0.2) is 8.42 Å². The zero-order valence-corrected chi connectivity index (χ0v) is 21.6. The van der Waals surface area contributed by atoms with E-state index in [1.54, 1.807) is 12.1 Å². The number of sulfonamides is 1. The van der Waals surface area contributed by atoms with E-state index in [1.165, 1.54) is 10.6 Å². The number of para-hydroxylation sites is 2. The molecule has 0 spiro atoms. The van der Waals surface area contributed by atoms with Crippen LogP contribution in [-0.4, -0.2) is 26.2 Å².